The fourth-order valence-corrected chi connectivity index (χ4v) is 2.87. The van der Waals surface area contributed by atoms with Gasteiger partial charge in [-0.05, 0) is 62.7 Å². The summed E-state index contributed by atoms with van der Waals surface area (Å²) in [6, 6.07) is 11.0. The maximum Gasteiger partial charge on any atom is 0.251 e. The number of fused-ring (bicyclic) bond motifs is 1. The summed E-state index contributed by atoms with van der Waals surface area (Å²) in [6.07, 6.45) is 0.935. The van der Waals surface area contributed by atoms with Gasteiger partial charge in [-0.3, -0.25) is 14.4 Å². The lowest BCUT2D eigenvalue weighted by Crippen LogP contribution is -2.41. The number of anilines is 1. The van der Waals surface area contributed by atoms with Crippen molar-refractivity contribution in [2.24, 2.45) is 0 Å². The van der Waals surface area contributed by atoms with E-state index in [1.54, 1.807) is 54.1 Å². The second-order valence-corrected chi connectivity index (χ2v) is 6.83. The highest BCUT2D eigenvalue weighted by Crippen LogP contribution is 2.14. The molecule has 150 valence electrons. The van der Waals surface area contributed by atoms with Gasteiger partial charge in [0.25, 0.3) is 5.91 Å². The SMILES string of the molecule is CCCn1nnc2cc(C(=O)N[C@@H](C)C(=O)Nc3ccc(C(C)=O)cc3)ccc21. The van der Waals surface area contributed by atoms with Gasteiger partial charge in [0.05, 0.1) is 5.52 Å². The fourth-order valence-electron chi connectivity index (χ4n) is 2.87. The summed E-state index contributed by atoms with van der Waals surface area (Å²) >= 11 is 0. The zero-order valence-corrected chi connectivity index (χ0v) is 16.6. The van der Waals surface area contributed by atoms with E-state index >= 15 is 0 Å². The van der Waals surface area contributed by atoms with Gasteiger partial charge in [-0.15, -0.1) is 5.10 Å². The van der Waals surface area contributed by atoms with E-state index < -0.39 is 6.04 Å². The van der Waals surface area contributed by atoms with Crippen molar-refractivity contribution >= 4 is 34.3 Å². The zero-order chi connectivity index (χ0) is 21.0. The van der Waals surface area contributed by atoms with Crippen LogP contribution in [-0.2, 0) is 11.3 Å². The first-order valence-electron chi connectivity index (χ1n) is 9.45. The number of hydrogen-bond donors (Lipinski definition) is 2. The van der Waals surface area contributed by atoms with Crippen LogP contribution in [0.3, 0.4) is 0 Å². The molecule has 2 aromatic carbocycles. The van der Waals surface area contributed by atoms with Crippen LogP contribution in [0.25, 0.3) is 11.0 Å². The average molecular weight is 393 g/mol. The number of ketones is 1. The molecule has 3 rings (SSSR count). The monoisotopic (exact) mass is 393 g/mol. The number of amides is 2. The molecule has 8 heteroatoms. The fraction of sp³-hybridized carbons (Fsp3) is 0.286. The van der Waals surface area contributed by atoms with Gasteiger partial charge >= 0.3 is 0 Å². The van der Waals surface area contributed by atoms with Crippen molar-refractivity contribution in [3.63, 3.8) is 0 Å². The Morgan fingerprint density at radius 1 is 1.07 bits per heavy atom. The predicted octanol–water partition coefficient (Wildman–Crippen LogP) is 2.80. The smallest absolute Gasteiger partial charge is 0.251 e. The van der Waals surface area contributed by atoms with E-state index in [4.69, 9.17) is 0 Å². The number of hydrogen-bond acceptors (Lipinski definition) is 5. The molecule has 1 aromatic heterocycles. The van der Waals surface area contributed by atoms with E-state index in [1.807, 2.05) is 0 Å². The summed E-state index contributed by atoms with van der Waals surface area (Å²) in [5, 5.41) is 13.6. The lowest BCUT2D eigenvalue weighted by Gasteiger charge is -2.14. The Morgan fingerprint density at radius 2 is 1.76 bits per heavy atom. The van der Waals surface area contributed by atoms with Crippen LogP contribution in [-0.4, -0.2) is 38.6 Å². The molecule has 0 fully saturated rings. The number of carbonyl (C=O) groups excluding carboxylic acids is 3. The molecule has 0 unspecified atom stereocenters. The number of Topliss-reactive ketones (excluding diaryl/α,β-unsaturated/α-hetero) is 1. The van der Waals surface area contributed by atoms with Crippen molar-refractivity contribution < 1.29 is 14.4 Å². The van der Waals surface area contributed by atoms with E-state index in [2.05, 4.69) is 27.9 Å². The number of nitrogens with zero attached hydrogens (tertiary/aromatic N) is 3. The molecule has 0 aliphatic carbocycles. The molecular formula is C21H23N5O3. The van der Waals surface area contributed by atoms with Crippen molar-refractivity contribution in [1.82, 2.24) is 20.3 Å². The number of aromatic nitrogens is 3. The molecule has 0 spiro atoms. The first-order valence-corrected chi connectivity index (χ1v) is 9.45. The molecule has 3 aromatic rings. The Morgan fingerprint density at radius 3 is 2.41 bits per heavy atom. The van der Waals surface area contributed by atoms with E-state index in [0.717, 1.165) is 18.5 Å². The van der Waals surface area contributed by atoms with Crippen molar-refractivity contribution in [2.45, 2.75) is 39.8 Å². The maximum absolute atomic E-state index is 12.5. The lowest BCUT2D eigenvalue weighted by atomic mass is 10.1. The molecule has 29 heavy (non-hydrogen) atoms. The van der Waals surface area contributed by atoms with E-state index in [-0.39, 0.29) is 17.6 Å². The molecular weight excluding hydrogens is 370 g/mol. The number of rotatable bonds is 7. The maximum atomic E-state index is 12.5. The standard InChI is InChI=1S/C21H23N5O3/c1-4-11-26-19-10-7-16(12-18(19)24-25-26)21(29)22-13(2)20(28)23-17-8-5-15(6-9-17)14(3)27/h5-10,12-13H,4,11H2,1-3H3,(H,22,29)(H,23,28)/t13-/m0/s1. The molecule has 1 atom stereocenters. The van der Waals surface area contributed by atoms with Gasteiger partial charge in [0.2, 0.25) is 5.91 Å². The molecule has 2 amide bonds. The van der Waals surface area contributed by atoms with Crippen molar-refractivity contribution in [3.05, 3.63) is 53.6 Å². The number of nitrogens with one attached hydrogen (secondary N) is 2. The number of aryl methyl sites for hydroxylation is 1. The van der Waals surface area contributed by atoms with Crippen LogP contribution in [0.4, 0.5) is 5.69 Å². The molecule has 0 saturated heterocycles. The number of benzene rings is 2. The largest absolute Gasteiger partial charge is 0.341 e. The normalized spacial score (nSPS) is 11.8. The summed E-state index contributed by atoms with van der Waals surface area (Å²) in [5.41, 5.74) is 3.02. The van der Waals surface area contributed by atoms with Crippen LogP contribution in [0.1, 0.15) is 47.9 Å². The number of carbonyl (C=O) groups is 3. The summed E-state index contributed by atoms with van der Waals surface area (Å²) in [5.74, 6) is -0.773. The second-order valence-electron chi connectivity index (χ2n) is 6.83. The highest BCUT2D eigenvalue weighted by atomic mass is 16.2. The highest BCUT2D eigenvalue weighted by molar-refractivity contribution is 6.02. The van der Waals surface area contributed by atoms with Crippen LogP contribution in [0.5, 0.6) is 0 Å². The molecule has 0 radical (unpaired) electrons. The van der Waals surface area contributed by atoms with Gasteiger partial charge in [0.15, 0.2) is 5.78 Å². The topological polar surface area (TPSA) is 106 Å². The Labute approximate surface area is 168 Å². The Hall–Kier alpha value is -3.55. The first-order chi connectivity index (χ1) is 13.9. The molecule has 0 bridgehead atoms. The second kappa shape index (κ2) is 8.64. The Kier molecular flexibility index (Phi) is 6.01. The van der Waals surface area contributed by atoms with Gasteiger partial charge in [-0.25, -0.2) is 4.68 Å². The summed E-state index contributed by atoms with van der Waals surface area (Å²) in [4.78, 5) is 36.2. The van der Waals surface area contributed by atoms with E-state index in [9.17, 15) is 14.4 Å². The summed E-state index contributed by atoms with van der Waals surface area (Å²) in [7, 11) is 0. The van der Waals surface area contributed by atoms with Gasteiger partial charge in [-0.2, -0.15) is 0 Å². The minimum absolute atomic E-state index is 0.0461. The molecule has 8 nitrogen and oxygen atoms in total. The van der Waals surface area contributed by atoms with Crippen LogP contribution >= 0.6 is 0 Å². The predicted molar refractivity (Wildman–Crippen MR) is 110 cm³/mol. The minimum Gasteiger partial charge on any atom is -0.341 e. The average Bonchev–Trinajstić information content (AvgIpc) is 3.10. The van der Waals surface area contributed by atoms with E-state index in [1.165, 1.54) is 6.92 Å². The van der Waals surface area contributed by atoms with Crippen molar-refractivity contribution in [3.8, 4) is 0 Å². The van der Waals surface area contributed by atoms with Crippen LogP contribution in [0.2, 0.25) is 0 Å². The molecule has 0 aliphatic heterocycles. The third-order valence-corrected chi connectivity index (χ3v) is 4.51. The van der Waals surface area contributed by atoms with Crippen LogP contribution < -0.4 is 10.6 Å². The zero-order valence-electron chi connectivity index (χ0n) is 16.6. The quantitative estimate of drug-likeness (QED) is 0.601. The van der Waals surface area contributed by atoms with Gasteiger partial charge < -0.3 is 10.6 Å². The third kappa shape index (κ3) is 4.66. The molecule has 0 saturated carbocycles. The summed E-state index contributed by atoms with van der Waals surface area (Å²) < 4.78 is 1.80. The van der Waals surface area contributed by atoms with Gasteiger partial charge in [-0.1, -0.05) is 12.1 Å². The van der Waals surface area contributed by atoms with Gasteiger partial charge in [0.1, 0.15) is 11.6 Å². The van der Waals surface area contributed by atoms with Gasteiger partial charge in [0, 0.05) is 23.4 Å². The Balaban J connectivity index is 1.64. The van der Waals surface area contributed by atoms with E-state index in [0.29, 0.717) is 22.3 Å². The van der Waals surface area contributed by atoms with Crippen molar-refractivity contribution in [1.29, 1.82) is 0 Å². The first kappa shape index (κ1) is 20.2. The molecule has 0 aliphatic rings. The Bertz CT molecular complexity index is 1060. The molecule has 2 N–H and O–H groups in total. The third-order valence-electron chi connectivity index (χ3n) is 4.51. The highest BCUT2D eigenvalue weighted by Gasteiger charge is 2.18. The van der Waals surface area contributed by atoms with Crippen LogP contribution in [0.15, 0.2) is 42.5 Å². The molecule has 1 heterocycles. The minimum atomic E-state index is -0.749. The van der Waals surface area contributed by atoms with Crippen molar-refractivity contribution in [2.75, 3.05) is 5.32 Å². The lowest BCUT2D eigenvalue weighted by molar-refractivity contribution is -0.117. The van der Waals surface area contributed by atoms with Crippen LogP contribution in [0, 0.1) is 0 Å². The summed E-state index contributed by atoms with van der Waals surface area (Å²) in [6.45, 7) is 5.90.